The number of carbonyl (C=O) groups is 1. The van der Waals surface area contributed by atoms with Gasteiger partial charge in [-0.1, -0.05) is 0 Å². The van der Waals surface area contributed by atoms with Gasteiger partial charge >= 0.3 is 6.03 Å². The summed E-state index contributed by atoms with van der Waals surface area (Å²) in [4.78, 5) is 11.4. The van der Waals surface area contributed by atoms with Gasteiger partial charge in [-0.3, -0.25) is 4.68 Å². The highest BCUT2D eigenvalue weighted by atomic mass is 35.5. The Labute approximate surface area is 117 Å². The third-order valence-electron chi connectivity index (χ3n) is 2.94. The molecule has 7 heteroatoms. The zero-order valence-corrected chi connectivity index (χ0v) is 11.5. The Morgan fingerprint density at radius 1 is 1.58 bits per heavy atom. The van der Waals surface area contributed by atoms with Gasteiger partial charge in [0.15, 0.2) is 0 Å². The summed E-state index contributed by atoms with van der Waals surface area (Å²) in [7, 11) is 0. The highest BCUT2D eigenvalue weighted by molar-refractivity contribution is 6.18. The van der Waals surface area contributed by atoms with Crippen LogP contribution >= 0.6 is 11.6 Å². The Bertz CT molecular complexity index is 404. The number of urea groups is 1. The summed E-state index contributed by atoms with van der Waals surface area (Å²) in [5.41, 5.74) is 0.669. The number of nitrogens with zero attached hydrogens (tertiary/aromatic N) is 2. The molecule has 2 rings (SSSR count). The summed E-state index contributed by atoms with van der Waals surface area (Å²) in [6.07, 6.45) is 7.08. The van der Waals surface area contributed by atoms with E-state index < -0.39 is 0 Å². The third-order valence-corrected chi connectivity index (χ3v) is 3.12. The van der Waals surface area contributed by atoms with Crippen molar-refractivity contribution >= 4 is 23.3 Å². The van der Waals surface area contributed by atoms with Crippen molar-refractivity contribution in [3.05, 3.63) is 12.4 Å². The van der Waals surface area contributed by atoms with Gasteiger partial charge in [-0.2, -0.15) is 5.10 Å². The molecule has 1 fully saturated rings. The average Bonchev–Trinajstić information content (AvgIpc) is 2.85. The molecule has 106 valence electrons. The molecular weight excluding hydrogens is 268 g/mol. The predicted molar refractivity (Wildman–Crippen MR) is 73.6 cm³/mol. The summed E-state index contributed by atoms with van der Waals surface area (Å²) in [6, 6.07) is -0.269. The van der Waals surface area contributed by atoms with E-state index in [0.29, 0.717) is 18.1 Å². The van der Waals surface area contributed by atoms with Gasteiger partial charge in [0.1, 0.15) is 0 Å². The van der Waals surface area contributed by atoms with Crippen LogP contribution in [0, 0.1) is 0 Å². The maximum Gasteiger partial charge on any atom is 0.319 e. The number of hydrogen-bond acceptors (Lipinski definition) is 3. The molecule has 0 aliphatic carbocycles. The lowest BCUT2D eigenvalue weighted by Crippen LogP contribution is -2.30. The molecule has 2 N–H and O–H groups in total. The molecule has 1 aromatic rings. The fourth-order valence-electron chi connectivity index (χ4n) is 2.02. The van der Waals surface area contributed by atoms with Crippen LogP contribution in [0.25, 0.3) is 0 Å². The predicted octanol–water partition coefficient (Wildman–Crippen LogP) is 1.81. The van der Waals surface area contributed by atoms with Crippen LogP contribution in [0.3, 0.4) is 0 Å². The summed E-state index contributed by atoms with van der Waals surface area (Å²) < 4.78 is 7.45. The fraction of sp³-hybridized carbons (Fsp3) is 0.667. The van der Waals surface area contributed by atoms with Crippen LogP contribution in [0.15, 0.2) is 12.4 Å². The van der Waals surface area contributed by atoms with Crippen molar-refractivity contribution in [3.8, 4) is 0 Å². The van der Waals surface area contributed by atoms with Crippen LogP contribution < -0.4 is 10.6 Å². The van der Waals surface area contributed by atoms with E-state index in [2.05, 4.69) is 15.7 Å². The number of nitrogens with one attached hydrogen (secondary N) is 2. The second-order valence-electron chi connectivity index (χ2n) is 4.51. The standard InChI is InChI=1S/C12H19ClN4O2/c13-4-5-14-12(18)16-10-7-15-17(8-10)9-11-3-1-2-6-19-11/h7-8,11H,1-6,9H2,(H2,14,16,18). The molecule has 2 heterocycles. The monoisotopic (exact) mass is 286 g/mol. The number of halogens is 1. The first kappa shape index (κ1) is 14.1. The third kappa shape index (κ3) is 4.72. The van der Waals surface area contributed by atoms with Gasteiger partial charge in [-0.05, 0) is 19.3 Å². The fourth-order valence-corrected chi connectivity index (χ4v) is 2.12. The first-order chi connectivity index (χ1) is 9.28. The van der Waals surface area contributed by atoms with Crippen molar-refractivity contribution in [2.75, 3.05) is 24.3 Å². The number of ether oxygens (including phenoxy) is 1. The Balaban J connectivity index is 1.79. The Morgan fingerprint density at radius 2 is 2.47 bits per heavy atom. The smallest absolute Gasteiger partial charge is 0.319 e. The zero-order chi connectivity index (χ0) is 13.5. The largest absolute Gasteiger partial charge is 0.376 e. The van der Waals surface area contributed by atoms with E-state index in [1.807, 2.05) is 0 Å². The lowest BCUT2D eigenvalue weighted by Gasteiger charge is -2.22. The Kier molecular flexibility index (Phi) is 5.47. The lowest BCUT2D eigenvalue weighted by atomic mass is 10.1. The summed E-state index contributed by atoms with van der Waals surface area (Å²) >= 11 is 5.49. The van der Waals surface area contributed by atoms with Crippen LogP contribution in [0.5, 0.6) is 0 Å². The van der Waals surface area contributed by atoms with Gasteiger partial charge in [0.2, 0.25) is 0 Å². The molecule has 1 aliphatic heterocycles. The van der Waals surface area contributed by atoms with Crippen molar-refractivity contribution in [2.24, 2.45) is 0 Å². The summed E-state index contributed by atoms with van der Waals surface area (Å²) in [5.74, 6) is 0.395. The van der Waals surface area contributed by atoms with Crippen molar-refractivity contribution in [3.63, 3.8) is 0 Å². The molecule has 1 saturated heterocycles. The maximum absolute atomic E-state index is 11.4. The minimum atomic E-state index is -0.269. The number of carbonyl (C=O) groups excluding carboxylic acids is 1. The van der Waals surface area contributed by atoms with Crippen LogP contribution in [0.1, 0.15) is 19.3 Å². The molecule has 19 heavy (non-hydrogen) atoms. The molecule has 0 aromatic carbocycles. The summed E-state index contributed by atoms with van der Waals surface area (Å²) in [6.45, 7) is 2.00. The van der Waals surface area contributed by atoms with Crippen LogP contribution in [0.2, 0.25) is 0 Å². The normalized spacial score (nSPS) is 19.1. The molecule has 1 aromatic heterocycles. The number of amides is 2. The van der Waals surface area contributed by atoms with Crippen LogP contribution in [-0.2, 0) is 11.3 Å². The molecule has 0 spiro atoms. The van der Waals surface area contributed by atoms with E-state index in [-0.39, 0.29) is 12.1 Å². The number of rotatable bonds is 5. The molecule has 6 nitrogen and oxygen atoms in total. The van der Waals surface area contributed by atoms with Crippen LogP contribution in [-0.4, -0.2) is 40.9 Å². The molecule has 2 amide bonds. The lowest BCUT2D eigenvalue weighted by molar-refractivity contribution is 0.00401. The van der Waals surface area contributed by atoms with Crippen LogP contribution in [0.4, 0.5) is 10.5 Å². The van der Waals surface area contributed by atoms with Gasteiger partial charge in [-0.15, -0.1) is 11.6 Å². The number of anilines is 1. The topological polar surface area (TPSA) is 68.2 Å². The number of aromatic nitrogens is 2. The van der Waals surface area contributed by atoms with Gasteiger partial charge < -0.3 is 15.4 Å². The summed E-state index contributed by atoms with van der Waals surface area (Å²) in [5, 5.41) is 9.54. The van der Waals surface area contributed by atoms with E-state index >= 15 is 0 Å². The minimum Gasteiger partial charge on any atom is -0.376 e. The van der Waals surface area contributed by atoms with E-state index in [1.54, 1.807) is 17.1 Å². The maximum atomic E-state index is 11.4. The molecular formula is C12H19ClN4O2. The zero-order valence-electron chi connectivity index (χ0n) is 10.8. The number of hydrogen-bond donors (Lipinski definition) is 2. The molecule has 0 radical (unpaired) electrons. The van der Waals surface area contributed by atoms with Crippen molar-refractivity contribution in [2.45, 2.75) is 31.9 Å². The first-order valence-corrected chi connectivity index (χ1v) is 7.06. The van der Waals surface area contributed by atoms with Gasteiger partial charge in [0.25, 0.3) is 0 Å². The van der Waals surface area contributed by atoms with Crippen molar-refractivity contribution in [1.29, 1.82) is 0 Å². The van der Waals surface area contributed by atoms with Gasteiger partial charge in [0.05, 0.1) is 24.5 Å². The minimum absolute atomic E-state index is 0.228. The molecule has 0 bridgehead atoms. The average molecular weight is 287 g/mol. The Morgan fingerprint density at radius 3 is 3.21 bits per heavy atom. The van der Waals surface area contributed by atoms with Gasteiger partial charge in [0, 0.05) is 25.2 Å². The SMILES string of the molecule is O=C(NCCCl)Nc1cnn(CC2CCCCO2)c1. The highest BCUT2D eigenvalue weighted by Gasteiger charge is 2.15. The first-order valence-electron chi connectivity index (χ1n) is 6.53. The second-order valence-corrected chi connectivity index (χ2v) is 4.89. The van der Waals surface area contributed by atoms with Crippen molar-refractivity contribution < 1.29 is 9.53 Å². The highest BCUT2D eigenvalue weighted by Crippen LogP contribution is 2.15. The molecule has 0 saturated carbocycles. The van der Waals surface area contributed by atoms with Crippen molar-refractivity contribution in [1.82, 2.24) is 15.1 Å². The van der Waals surface area contributed by atoms with E-state index in [1.165, 1.54) is 6.42 Å². The Hall–Kier alpha value is -1.27. The quantitative estimate of drug-likeness (QED) is 0.811. The number of alkyl halides is 1. The van der Waals surface area contributed by atoms with E-state index in [9.17, 15) is 4.79 Å². The second kappa shape index (κ2) is 7.35. The van der Waals surface area contributed by atoms with Gasteiger partial charge in [-0.25, -0.2) is 4.79 Å². The van der Waals surface area contributed by atoms with E-state index in [0.717, 1.165) is 26.0 Å². The van der Waals surface area contributed by atoms with E-state index in [4.69, 9.17) is 16.3 Å². The molecule has 1 aliphatic rings. The molecule has 1 atom stereocenters. The molecule has 1 unspecified atom stereocenters.